The second kappa shape index (κ2) is 5.85. The van der Waals surface area contributed by atoms with Gasteiger partial charge in [0.15, 0.2) is 5.58 Å². The number of benzene rings is 1. The standard InChI is InChI=1S/C20H19N3O3/c1-23-7-2-3-12(10-23)15-11-26-18-9-16(21-22-19(15)18)13-4-5-17-14(20(13)24)6-8-25-17/h4-6,8-9,11-12,24H,2-3,7,10H2,1H3. The van der Waals surface area contributed by atoms with Crippen molar-refractivity contribution >= 4 is 22.1 Å². The number of fused-ring (bicyclic) bond motifs is 2. The molecule has 4 aromatic rings. The fraction of sp³-hybridized carbons (Fsp3) is 0.300. The highest BCUT2D eigenvalue weighted by molar-refractivity contribution is 5.92. The van der Waals surface area contributed by atoms with Crippen LogP contribution in [0.3, 0.4) is 0 Å². The van der Waals surface area contributed by atoms with E-state index >= 15 is 0 Å². The largest absolute Gasteiger partial charge is 0.506 e. The Bertz CT molecular complexity index is 1100. The normalized spacial score (nSPS) is 18.7. The minimum absolute atomic E-state index is 0.144. The Morgan fingerprint density at radius 3 is 2.96 bits per heavy atom. The number of phenols is 1. The zero-order valence-electron chi connectivity index (χ0n) is 14.5. The van der Waals surface area contributed by atoms with Crippen molar-refractivity contribution in [1.82, 2.24) is 15.1 Å². The minimum Gasteiger partial charge on any atom is -0.506 e. The SMILES string of the molecule is CN1CCCC(c2coc3cc(-c4ccc5occc5c4O)nnc23)C1. The summed E-state index contributed by atoms with van der Waals surface area (Å²) in [5.41, 5.74) is 4.48. The molecule has 6 nitrogen and oxygen atoms in total. The minimum atomic E-state index is 0.144. The van der Waals surface area contributed by atoms with Gasteiger partial charge in [0.25, 0.3) is 0 Å². The van der Waals surface area contributed by atoms with Crippen LogP contribution < -0.4 is 0 Å². The molecule has 1 saturated heterocycles. The van der Waals surface area contributed by atoms with E-state index in [9.17, 15) is 5.11 Å². The molecule has 0 bridgehead atoms. The smallest absolute Gasteiger partial charge is 0.156 e. The van der Waals surface area contributed by atoms with Crippen LogP contribution in [0.25, 0.3) is 33.3 Å². The van der Waals surface area contributed by atoms with Gasteiger partial charge in [-0.2, -0.15) is 0 Å². The molecule has 1 N–H and O–H groups in total. The first-order chi connectivity index (χ1) is 12.7. The lowest BCUT2D eigenvalue weighted by atomic mass is 9.92. The van der Waals surface area contributed by atoms with Gasteiger partial charge in [-0.3, -0.25) is 0 Å². The molecule has 1 fully saturated rings. The van der Waals surface area contributed by atoms with Gasteiger partial charge in [0.05, 0.1) is 17.9 Å². The summed E-state index contributed by atoms with van der Waals surface area (Å²) in [6.45, 7) is 2.15. The van der Waals surface area contributed by atoms with Gasteiger partial charge in [-0.05, 0) is 44.6 Å². The molecule has 1 atom stereocenters. The van der Waals surface area contributed by atoms with Crippen LogP contribution in [0.4, 0.5) is 0 Å². The Labute approximate surface area is 150 Å². The van der Waals surface area contributed by atoms with Crippen molar-refractivity contribution in [3.05, 3.63) is 42.4 Å². The van der Waals surface area contributed by atoms with Crippen molar-refractivity contribution in [2.75, 3.05) is 20.1 Å². The Morgan fingerprint density at radius 2 is 2.08 bits per heavy atom. The number of rotatable bonds is 2. The molecule has 1 aliphatic heterocycles. The maximum absolute atomic E-state index is 10.5. The molecule has 6 heteroatoms. The number of phenolic OH excluding ortho intramolecular Hbond substituents is 1. The van der Waals surface area contributed by atoms with Crippen LogP contribution >= 0.6 is 0 Å². The summed E-state index contributed by atoms with van der Waals surface area (Å²) in [5, 5.41) is 20.0. The van der Waals surface area contributed by atoms with Crippen LogP contribution in [0, 0.1) is 0 Å². The average Bonchev–Trinajstić information content (AvgIpc) is 3.28. The number of aromatic hydroxyl groups is 1. The van der Waals surface area contributed by atoms with E-state index in [-0.39, 0.29) is 5.75 Å². The van der Waals surface area contributed by atoms with Gasteiger partial charge in [-0.25, -0.2) is 0 Å². The van der Waals surface area contributed by atoms with Crippen LogP contribution in [0.15, 0.2) is 45.6 Å². The van der Waals surface area contributed by atoms with Crippen molar-refractivity contribution in [2.45, 2.75) is 18.8 Å². The number of furan rings is 2. The van der Waals surface area contributed by atoms with Gasteiger partial charge in [0, 0.05) is 29.7 Å². The summed E-state index contributed by atoms with van der Waals surface area (Å²) in [6, 6.07) is 7.20. The molecule has 0 saturated carbocycles. The number of nitrogens with zero attached hydrogens (tertiary/aromatic N) is 3. The number of hydrogen-bond acceptors (Lipinski definition) is 6. The van der Waals surface area contributed by atoms with E-state index in [0.717, 1.165) is 30.6 Å². The Balaban J connectivity index is 1.57. The average molecular weight is 349 g/mol. The topological polar surface area (TPSA) is 75.5 Å². The number of likely N-dealkylation sites (tertiary alicyclic amines) is 1. The monoisotopic (exact) mass is 349 g/mol. The summed E-state index contributed by atoms with van der Waals surface area (Å²) in [6.07, 6.45) is 5.69. The molecule has 1 aliphatic rings. The van der Waals surface area contributed by atoms with Crippen molar-refractivity contribution in [1.29, 1.82) is 0 Å². The molecule has 3 aromatic heterocycles. The first-order valence-corrected chi connectivity index (χ1v) is 8.83. The van der Waals surface area contributed by atoms with Gasteiger partial charge in [-0.15, -0.1) is 10.2 Å². The number of piperidine rings is 1. The van der Waals surface area contributed by atoms with Crippen LogP contribution in [-0.2, 0) is 0 Å². The predicted molar refractivity (Wildman–Crippen MR) is 98.1 cm³/mol. The Kier molecular flexibility index (Phi) is 3.46. The van der Waals surface area contributed by atoms with Gasteiger partial charge in [0.1, 0.15) is 22.5 Å². The number of aromatic nitrogens is 2. The first kappa shape index (κ1) is 15.4. The van der Waals surface area contributed by atoms with Crippen LogP contribution in [-0.4, -0.2) is 40.3 Å². The highest BCUT2D eigenvalue weighted by Gasteiger charge is 2.24. The van der Waals surface area contributed by atoms with Gasteiger partial charge in [0.2, 0.25) is 0 Å². The number of hydrogen-bond donors (Lipinski definition) is 1. The summed E-state index contributed by atoms with van der Waals surface area (Å²) in [5.74, 6) is 0.566. The van der Waals surface area contributed by atoms with Crippen LogP contribution in [0.5, 0.6) is 5.75 Å². The lowest BCUT2D eigenvalue weighted by molar-refractivity contribution is 0.250. The Hall–Kier alpha value is -2.86. The maximum Gasteiger partial charge on any atom is 0.156 e. The van der Waals surface area contributed by atoms with Crippen LogP contribution in [0.1, 0.15) is 24.3 Å². The molecule has 5 rings (SSSR count). The molecule has 132 valence electrons. The van der Waals surface area contributed by atoms with E-state index in [0.29, 0.717) is 33.7 Å². The van der Waals surface area contributed by atoms with E-state index in [1.165, 1.54) is 6.42 Å². The molecule has 1 unspecified atom stereocenters. The lowest BCUT2D eigenvalue weighted by Gasteiger charge is -2.28. The molecule has 26 heavy (non-hydrogen) atoms. The molecule has 0 radical (unpaired) electrons. The predicted octanol–water partition coefficient (Wildman–Crippen LogP) is 4.15. The van der Waals surface area contributed by atoms with Crippen LogP contribution in [0.2, 0.25) is 0 Å². The molecular formula is C20H19N3O3. The molecule has 0 aliphatic carbocycles. The lowest BCUT2D eigenvalue weighted by Crippen LogP contribution is -2.30. The first-order valence-electron chi connectivity index (χ1n) is 8.83. The molecule has 0 spiro atoms. The van der Waals surface area contributed by atoms with Gasteiger partial charge >= 0.3 is 0 Å². The van der Waals surface area contributed by atoms with E-state index < -0.39 is 0 Å². The molecule has 4 heterocycles. The van der Waals surface area contributed by atoms with E-state index in [1.807, 2.05) is 18.4 Å². The van der Waals surface area contributed by atoms with Crippen molar-refractivity contribution in [2.24, 2.45) is 0 Å². The van der Waals surface area contributed by atoms with Crippen molar-refractivity contribution in [3.63, 3.8) is 0 Å². The fourth-order valence-electron chi connectivity index (χ4n) is 3.92. The van der Waals surface area contributed by atoms with E-state index in [4.69, 9.17) is 8.83 Å². The number of likely N-dealkylation sites (N-methyl/N-ethyl adjacent to an activating group) is 1. The Morgan fingerprint density at radius 1 is 1.15 bits per heavy atom. The van der Waals surface area contributed by atoms with Gasteiger partial charge < -0.3 is 18.8 Å². The summed E-state index contributed by atoms with van der Waals surface area (Å²) < 4.78 is 11.1. The highest BCUT2D eigenvalue weighted by atomic mass is 16.3. The maximum atomic E-state index is 10.5. The third kappa shape index (κ3) is 2.37. The third-order valence-electron chi connectivity index (χ3n) is 5.29. The molecular weight excluding hydrogens is 330 g/mol. The van der Waals surface area contributed by atoms with E-state index in [2.05, 4.69) is 22.1 Å². The second-order valence-corrected chi connectivity index (χ2v) is 7.03. The summed E-state index contributed by atoms with van der Waals surface area (Å²) in [7, 11) is 2.15. The summed E-state index contributed by atoms with van der Waals surface area (Å²) >= 11 is 0. The quantitative estimate of drug-likeness (QED) is 0.586. The van der Waals surface area contributed by atoms with E-state index in [1.54, 1.807) is 18.4 Å². The molecule has 1 aromatic carbocycles. The van der Waals surface area contributed by atoms with Gasteiger partial charge in [-0.1, -0.05) is 0 Å². The second-order valence-electron chi connectivity index (χ2n) is 7.03. The molecule has 0 amide bonds. The fourth-order valence-corrected chi connectivity index (χ4v) is 3.92. The van der Waals surface area contributed by atoms with Crippen molar-refractivity contribution in [3.8, 4) is 17.0 Å². The van der Waals surface area contributed by atoms with Crippen molar-refractivity contribution < 1.29 is 13.9 Å². The summed E-state index contributed by atoms with van der Waals surface area (Å²) in [4.78, 5) is 2.34. The third-order valence-corrected chi connectivity index (χ3v) is 5.29. The zero-order valence-corrected chi connectivity index (χ0v) is 14.5. The highest BCUT2D eigenvalue weighted by Crippen LogP contribution is 2.37. The zero-order chi connectivity index (χ0) is 17.7.